The normalized spacial score (nSPS) is 19.0. The maximum Gasteiger partial charge on any atom is 0.227 e. The molecule has 126 valence electrons. The lowest BCUT2D eigenvalue weighted by molar-refractivity contribution is -0.117. The van der Waals surface area contributed by atoms with Crippen LogP contribution in [0.25, 0.3) is 0 Å². The van der Waals surface area contributed by atoms with Gasteiger partial charge in [0.25, 0.3) is 0 Å². The molecule has 1 amide bonds. The molecule has 1 aromatic heterocycles. The molecule has 0 spiro atoms. The van der Waals surface area contributed by atoms with Gasteiger partial charge in [-0.1, -0.05) is 12.1 Å². The van der Waals surface area contributed by atoms with Crippen molar-refractivity contribution in [1.29, 1.82) is 0 Å². The van der Waals surface area contributed by atoms with Crippen LogP contribution in [0.3, 0.4) is 0 Å². The van der Waals surface area contributed by atoms with Crippen LogP contribution in [0.1, 0.15) is 60.8 Å². The van der Waals surface area contributed by atoms with Gasteiger partial charge >= 0.3 is 0 Å². The Morgan fingerprint density at radius 1 is 1.33 bits per heavy atom. The average molecular weight is 341 g/mol. The third kappa shape index (κ3) is 3.37. The molecule has 2 aliphatic rings. The van der Waals surface area contributed by atoms with E-state index in [0.29, 0.717) is 6.42 Å². The molecule has 1 N–H and O–H groups in total. The van der Waals surface area contributed by atoms with E-state index < -0.39 is 0 Å². The van der Waals surface area contributed by atoms with Crippen LogP contribution in [-0.4, -0.2) is 17.4 Å². The minimum Gasteiger partial charge on any atom is -0.312 e. The summed E-state index contributed by atoms with van der Waals surface area (Å²) in [4.78, 5) is 18.4. The summed E-state index contributed by atoms with van der Waals surface area (Å²) >= 11 is 1.76. The number of benzene rings is 1. The minimum atomic E-state index is 0.240. The summed E-state index contributed by atoms with van der Waals surface area (Å²) in [5.41, 5.74) is 3.54. The second-order valence-electron chi connectivity index (χ2n) is 6.78. The van der Waals surface area contributed by atoms with Crippen molar-refractivity contribution in [3.63, 3.8) is 0 Å². The lowest BCUT2D eigenvalue weighted by Gasteiger charge is -2.18. The van der Waals surface area contributed by atoms with E-state index in [1.54, 1.807) is 11.3 Å². The SMILES string of the molecule is CC(NCc1nc(C2CC2)cs1)c1ccc(N2CCCC2=O)cc1. The third-order valence-electron chi connectivity index (χ3n) is 4.90. The summed E-state index contributed by atoms with van der Waals surface area (Å²) in [7, 11) is 0. The molecule has 4 rings (SSSR count). The molecule has 1 saturated heterocycles. The second kappa shape index (κ2) is 6.65. The molecule has 2 aromatic rings. The number of thiazole rings is 1. The van der Waals surface area contributed by atoms with Crippen molar-refractivity contribution in [2.24, 2.45) is 0 Å². The zero-order valence-corrected chi connectivity index (χ0v) is 14.8. The van der Waals surface area contributed by atoms with E-state index in [2.05, 4.69) is 41.9 Å². The quantitative estimate of drug-likeness (QED) is 0.864. The Labute approximate surface area is 146 Å². The highest BCUT2D eigenvalue weighted by Gasteiger charge is 2.26. The molecule has 0 bridgehead atoms. The molecular weight excluding hydrogens is 318 g/mol. The monoisotopic (exact) mass is 341 g/mol. The van der Waals surface area contributed by atoms with Crippen molar-refractivity contribution in [3.05, 3.63) is 45.9 Å². The van der Waals surface area contributed by atoms with E-state index in [1.165, 1.54) is 29.1 Å². The number of hydrogen-bond acceptors (Lipinski definition) is 4. The summed E-state index contributed by atoms with van der Waals surface area (Å²) in [5, 5.41) is 6.93. The topological polar surface area (TPSA) is 45.2 Å². The van der Waals surface area contributed by atoms with Crippen molar-refractivity contribution in [2.45, 2.75) is 51.1 Å². The molecule has 4 nitrogen and oxygen atoms in total. The van der Waals surface area contributed by atoms with E-state index in [4.69, 9.17) is 4.98 Å². The molecule has 0 radical (unpaired) electrons. The Bertz CT molecular complexity index is 720. The van der Waals surface area contributed by atoms with Gasteiger partial charge in [0.05, 0.1) is 5.69 Å². The Hall–Kier alpha value is -1.72. The van der Waals surface area contributed by atoms with Gasteiger partial charge in [0.2, 0.25) is 5.91 Å². The third-order valence-corrected chi connectivity index (χ3v) is 5.77. The molecule has 1 aliphatic carbocycles. The van der Waals surface area contributed by atoms with Gasteiger partial charge < -0.3 is 10.2 Å². The van der Waals surface area contributed by atoms with E-state index in [-0.39, 0.29) is 11.9 Å². The van der Waals surface area contributed by atoms with Crippen molar-refractivity contribution in [1.82, 2.24) is 10.3 Å². The molecule has 5 heteroatoms. The smallest absolute Gasteiger partial charge is 0.227 e. The fourth-order valence-corrected chi connectivity index (χ4v) is 4.02. The van der Waals surface area contributed by atoms with E-state index in [1.807, 2.05) is 4.90 Å². The molecule has 1 saturated carbocycles. The van der Waals surface area contributed by atoms with Crippen LogP contribution >= 0.6 is 11.3 Å². The summed E-state index contributed by atoms with van der Waals surface area (Å²) in [6, 6.07) is 8.63. The van der Waals surface area contributed by atoms with Crippen LogP contribution in [0, 0.1) is 0 Å². The molecule has 1 atom stereocenters. The van der Waals surface area contributed by atoms with Crippen molar-refractivity contribution in [2.75, 3.05) is 11.4 Å². The van der Waals surface area contributed by atoms with Gasteiger partial charge in [-0.25, -0.2) is 4.98 Å². The largest absolute Gasteiger partial charge is 0.312 e. The molecule has 24 heavy (non-hydrogen) atoms. The molecular formula is C19H23N3OS. The van der Waals surface area contributed by atoms with E-state index >= 15 is 0 Å². The molecule has 2 heterocycles. The van der Waals surface area contributed by atoms with Gasteiger partial charge in [-0.15, -0.1) is 11.3 Å². The number of carbonyl (C=O) groups is 1. The van der Waals surface area contributed by atoms with Crippen molar-refractivity contribution >= 4 is 22.9 Å². The summed E-state index contributed by atoms with van der Waals surface area (Å²) in [5.74, 6) is 0.970. The Morgan fingerprint density at radius 3 is 2.79 bits per heavy atom. The number of hydrogen-bond donors (Lipinski definition) is 1. The number of carbonyl (C=O) groups excluding carboxylic acids is 1. The number of rotatable bonds is 6. The van der Waals surface area contributed by atoms with Crippen LogP contribution in [0.5, 0.6) is 0 Å². The Morgan fingerprint density at radius 2 is 2.12 bits per heavy atom. The van der Waals surface area contributed by atoms with Crippen LogP contribution in [0.15, 0.2) is 29.6 Å². The molecule has 1 unspecified atom stereocenters. The molecule has 1 aromatic carbocycles. The minimum absolute atomic E-state index is 0.240. The zero-order chi connectivity index (χ0) is 16.5. The lowest BCUT2D eigenvalue weighted by Crippen LogP contribution is -2.23. The fraction of sp³-hybridized carbons (Fsp3) is 0.474. The number of anilines is 1. The van der Waals surface area contributed by atoms with Crippen LogP contribution in [-0.2, 0) is 11.3 Å². The first-order valence-corrected chi connectivity index (χ1v) is 9.66. The zero-order valence-electron chi connectivity index (χ0n) is 14.0. The second-order valence-corrected chi connectivity index (χ2v) is 7.73. The van der Waals surface area contributed by atoms with Gasteiger partial charge in [-0.3, -0.25) is 4.79 Å². The highest BCUT2D eigenvalue weighted by molar-refractivity contribution is 7.09. The number of nitrogens with one attached hydrogen (secondary N) is 1. The first-order chi connectivity index (χ1) is 11.7. The van der Waals surface area contributed by atoms with E-state index in [0.717, 1.165) is 31.1 Å². The number of amides is 1. The van der Waals surface area contributed by atoms with Gasteiger partial charge in [0.1, 0.15) is 5.01 Å². The first-order valence-electron chi connectivity index (χ1n) is 8.79. The summed E-state index contributed by atoms with van der Waals surface area (Å²) in [6.45, 7) is 3.83. The van der Waals surface area contributed by atoms with Crippen molar-refractivity contribution < 1.29 is 4.79 Å². The predicted molar refractivity (Wildman–Crippen MR) is 97.4 cm³/mol. The highest BCUT2D eigenvalue weighted by Crippen LogP contribution is 2.40. The summed E-state index contributed by atoms with van der Waals surface area (Å²) < 4.78 is 0. The first kappa shape index (κ1) is 15.8. The summed E-state index contributed by atoms with van der Waals surface area (Å²) in [6.07, 6.45) is 4.25. The highest BCUT2D eigenvalue weighted by atomic mass is 32.1. The van der Waals surface area contributed by atoms with Gasteiger partial charge in [0, 0.05) is 42.5 Å². The molecule has 1 aliphatic heterocycles. The predicted octanol–water partition coefficient (Wildman–Crippen LogP) is 4.00. The molecule has 2 fully saturated rings. The number of nitrogens with zero attached hydrogens (tertiary/aromatic N) is 2. The van der Waals surface area contributed by atoms with Crippen LogP contribution in [0.2, 0.25) is 0 Å². The number of aromatic nitrogens is 1. The van der Waals surface area contributed by atoms with Crippen molar-refractivity contribution in [3.8, 4) is 0 Å². The maximum atomic E-state index is 11.8. The Balaban J connectivity index is 1.35. The van der Waals surface area contributed by atoms with Crippen LogP contribution in [0.4, 0.5) is 5.69 Å². The van der Waals surface area contributed by atoms with E-state index in [9.17, 15) is 4.79 Å². The fourth-order valence-electron chi connectivity index (χ4n) is 3.20. The average Bonchev–Trinajstić information content (AvgIpc) is 3.19. The van der Waals surface area contributed by atoms with Crippen LogP contribution < -0.4 is 10.2 Å². The Kier molecular flexibility index (Phi) is 4.37. The maximum absolute atomic E-state index is 11.8. The van der Waals surface area contributed by atoms with Gasteiger partial charge in [-0.05, 0) is 43.9 Å². The van der Waals surface area contributed by atoms with Gasteiger partial charge in [-0.2, -0.15) is 0 Å². The standard InChI is InChI=1S/C19H23N3OS/c1-13(20-11-18-21-17(12-24-18)15-4-5-15)14-6-8-16(9-7-14)22-10-2-3-19(22)23/h6-9,12-13,15,20H,2-5,10-11H2,1H3. The lowest BCUT2D eigenvalue weighted by atomic mass is 10.1. The van der Waals surface area contributed by atoms with Gasteiger partial charge in [0.15, 0.2) is 0 Å².